The third kappa shape index (κ3) is 2.73. The first-order valence-corrected chi connectivity index (χ1v) is 5.91. The highest BCUT2D eigenvalue weighted by atomic mass is 19.4. The maximum Gasteiger partial charge on any atom is 0.391 e. The lowest BCUT2D eigenvalue weighted by atomic mass is 9.80. The average molecular weight is 251 g/mol. The second-order valence-corrected chi connectivity index (χ2v) is 4.99. The number of halogens is 3. The first kappa shape index (κ1) is 12.7. The molecule has 1 amide bonds. The van der Waals surface area contributed by atoms with Gasteiger partial charge >= 0.3 is 6.18 Å². The van der Waals surface area contributed by atoms with Gasteiger partial charge in [-0.2, -0.15) is 13.2 Å². The van der Waals surface area contributed by atoms with Gasteiger partial charge in [-0.05, 0) is 25.7 Å². The second-order valence-electron chi connectivity index (χ2n) is 4.99. The number of hydrogen-bond donors (Lipinski definition) is 1. The van der Waals surface area contributed by atoms with E-state index in [0.29, 0.717) is 25.9 Å². The predicted molar refractivity (Wildman–Crippen MR) is 54.1 cm³/mol. The van der Waals surface area contributed by atoms with Crippen LogP contribution in [0.2, 0.25) is 0 Å². The molecule has 17 heavy (non-hydrogen) atoms. The molecule has 0 aromatic carbocycles. The van der Waals surface area contributed by atoms with Crippen LogP contribution in [0.15, 0.2) is 0 Å². The highest BCUT2D eigenvalue weighted by Crippen LogP contribution is 2.40. The van der Waals surface area contributed by atoms with Gasteiger partial charge in [-0.1, -0.05) is 0 Å². The molecule has 2 aliphatic rings. The number of β-amino-alcohol motifs (C(OH)–C–C–N with tert-alkyl or cyclic N) is 1. The molecule has 3 nitrogen and oxygen atoms in total. The summed E-state index contributed by atoms with van der Waals surface area (Å²) in [4.78, 5) is 13.3. The Labute approximate surface area is 97.6 Å². The molecule has 1 aliphatic carbocycles. The summed E-state index contributed by atoms with van der Waals surface area (Å²) >= 11 is 0. The Balaban J connectivity index is 1.81. The van der Waals surface area contributed by atoms with Crippen LogP contribution in [0.5, 0.6) is 0 Å². The normalized spacial score (nSPS) is 31.2. The van der Waals surface area contributed by atoms with Crippen molar-refractivity contribution in [1.29, 1.82) is 0 Å². The number of likely N-dealkylation sites (tertiary alicyclic amines) is 1. The van der Waals surface area contributed by atoms with Crippen molar-refractivity contribution in [2.24, 2.45) is 11.8 Å². The molecule has 1 heterocycles. The van der Waals surface area contributed by atoms with E-state index in [1.165, 1.54) is 4.90 Å². The van der Waals surface area contributed by atoms with Crippen molar-refractivity contribution < 1.29 is 23.1 Å². The number of carbonyl (C=O) groups is 1. The molecule has 0 unspecified atom stereocenters. The summed E-state index contributed by atoms with van der Waals surface area (Å²) in [5.74, 6) is -1.61. The summed E-state index contributed by atoms with van der Waals surface area (Å²) in [5, 5.41) is 9.07. The number of hydrogen-bond acceptors (Lipinski definition) is 2. The number of nitrogens with zero attached hydrogens (tertiary/aromatic N) is 1. The first-order chi connectivity index (χ1) is 7.88. The minimum absolute atomic E-state index is 0.0519. The summed E-state index contributed by atoms with van der Waals surface area (Å²) in [6, 6.07) is 0. The fourth-order valence-electron chi connectivity index (χ4n) is 2.56. The lowest BCUT2D eigenvalue weighted by molar-refractivity contribution is -0.186. The van der Waals surface area contributed by atoms with Crippen molar-refractivity contribution in [3.63, 3.8) is 0 Å². The molecule has 0 radical (unpaired) electrons. The van der Waals surface area contributed by atoms with Crippen LogP contribution in [0.1, 0.15) is 25.7 Å². The highest BCUT2D eigenvalue weighted by Gasteiger charge is 2.43. The molecule has 98 valence electrons. The molecule has 2 fully saturated rings. The molecule has 2 rings (SSSR count). The Kier molecular flexibility index (Phi) is 3.34. The van der Waals surface area contributed by atoms with Gasteiger partial charge in [0.15, 0.2) is 0 Å². The Morgan fingerprint density at radius 3 is 2.06 bits per heavy atom. The van der Waals surface area contributed by atoms with Gasteiger partial charge in [0.25, 0.3) is 0 Å². The van der Waals surface area contributed by atoms with Crippen LogP contribution in [-0.4, -0.2) is 41.3 Å². The van der Waals surface area contributed by atoms with E-state index in [0.717, 1.165) is 0 Å². The number of carbonyl (C=O) groups excluding carboxylic acids is 1. The van der Waals surface area contributed by atoms with Gasteiger partial charge in [0.2, 0.25) is 5.91 Å². The molecule has 0 aromatic rings. The molecule has 6 heteroatoms. The Bertz CT molecular complexity index is 292. The molecule has 1 aliphatic heterocycles. The fraction of sp³-hybridized carbons (Fsp3) is 0.909. The van der Waals surface area contributed by atoms with Crippen molar-refractivity contribution in [2.45, 2.75) is 38.0 Å². The third-order valence-corrected chi connectivity index (χ3v) is 3.71. The lowest BCUT2D eigenvalue weighted by Gasteiger charge is -2.39. The van der Waals surface area contributed by atoms with Gasteiger partial charge in [-0.15, -0.1) is 0 Å². The predicted octanol–water partition coefficient (Wildman–Crippen LogP) is 1.56. The zero-order valence-electron chi connectivity index (χ0n) is 9.41. The van der Waals surface area contributed by atoms with Crippen molar-refractivity contribution in [3.05, 3.63) is 0 Å². The largest absolute Gasteiger partial charge is 0.391 e. The van der Waals surface area contributed by atoms with E-state index < -0.39 is 18.2 Å². The number of rotatable bonds is 1. The minimum Gasteiger partial charge on any atom is -0.389 e. The molecule has 0 spiro atoms. The summed E-state index contributed by atoms with van der Waals surface area (Å²) in [6.45, 7) is 0.663. The van der Waals surface area contributed by atoms with Gasteiger partial charge < -0.3 is 10.0 Å². The Morgan fingerprint density at radius 2 is 1.65 bits per heavy atom. The summed E-state index contributed by atoms with van der Waals surface area (Å²) in [5.41, 5.74) is 0. The zero-order chi connectivity index (χ0) is 12.6. The van der Waals surface area contributed by atoms with E-state index in [1.807, 2.05) is 0 Å². The molecule has 0 atom stereocenters. The maximum absolute atomic E-state index is 12.4. The molecule has 1 N–H and O–H groups in total. The molecule has 0 bridgehead atoms. The molecular weight excluding hydrogens is 235 g/mol. The quantitative estimate of drug-likeness (QED) is 0.768. The molecule has 1 saturated heterocycles. The monoisotopic (exact) mass is 251 g/mol. The summed E-state index contributed by atoms with van der Waals surface area (Å²) in [6.07, 6.45) is -3.84. The van der Waals surface area contributed by atoms with E-state index in [-0.39, 0.29) is 24.7 Å². The van der Waals surface area contributed by atoms with Crippen molar-refractivity contribution in [3.8, 4) is 0 Å². The van der Waals surface area contributed by atoms with Crippen LogP contribution < -0.4 is 0 Å². The summed E-state index contributed by atoms with van der Waals surface area (Å²) in [7, 11) is 0. The van der Waals surface area contributed by atoms with Crippen molar-refractivity contribution in [1.82, 2.24) is 4.90 Å². The van der Waals surface area contributed by atoms with E-state index in [2.05, 4.69) is 0 Å². The summed E-state index contributed by atoms with van der Waals surface area (Å²) < 4.78 is 37.3. The van der Waals surface area contributed by atoms with Gasteiger partial charge in [0, 0.05) is 19.0 Å². The Hall–Kier alpha value is -0.780. The van der Waals surface area contributed by atoms with Gasteiger partial charge in [-0.3, -0.25) is 4.79 Å². The van der Waals surface area contributed by atoms with E-state index in [9.17, 15) is 18.0 Å². The highest BCUT2D eigenvalue weighted by molar-refractivity contribution is 5.79. The molecular formula is C11H16F3NO2. The van der Waals surface area contributed by atoms with Crippen molar-refractivity contribution >= 4 is 5.91 Å². The van der Waals surface area contributed by atoms with Crippen LogP contribution in [0, 0.1) is 11.8 Å². The van der Waals surface area contributed by atoms with Gasteiger partial charge in [0.05, 0.1) is 12.0 Å². The number of aliphatic hydroxyl groups excluding tert-OH is 1. The number of aliphatic hydroxyl groups is 1. The van der Waals surface area contributed by atoms with E-state index in [4.69, 9.17) is 5.11 Å². The smallest absolute Gasteiger partial charge is 0.389 e. The SMILES string of the molecule is O=C(C1CCC(C(F)(F)F)CC1)N1CC(O)C1. The topological polar surface area (TPSA) is 40.5 Å². The first-order valence-electron chi connectivity index (χ1n) is 5.91. The number of alkyl halides is 3. The minimum atomic E-state index is -4.12. The van der Waals surface area contributed by atoms with Crippen LogP contribution in [0.3, 0.4) is 0 Å². The van der Waals surface area contributed by atoms with Crippen LogP contribution in [-0.2, 0) is 4.79 Å². The van der Waals surface area contributed by atoms with E-state index in [1.54, 1.807) is 0 Å². The standard InChI is InChI=1S/C11H16F3NO2/c12-11(13,14)8-3-1-7(2-4-8)10(17)15-5-9(16)6-15/h7-9,16H,1-6H2. The molecule has 1 saturated carbocycles. The Morgan fingerprint density at radius 1 is 1.12 bits per heavy atom. The van der Waals surface area contributed by atoms with Crippen LogP contribution in [0.4, 0.5) is 13.2 Å². The average Bonchev–Trinajstić information content (AvgIpc) is 2.23. The van der Waals surface area contributed by atoms with E-state index >= 15 is 0 Å². The van der Waals surface area contributed by atoms with Crippen LogP contribution >= 0.6 is 0 Å². The lowest BCUT2D eigenvalue weighted by Crippen LogP contribution is -2.55. The fourth-order valence-corrected chi connectivity index (χ4v) is 2.56. The maximum atomic E-state index is 12.4. The molecule has 0 aromatic heterocycles. The number of amides is 1. The second kappa shape index (κ2) is 4.48. The van der Waals surface area contributed by atoms with Crippen molar-refractivity contribution in [2.75, 3.05) is 13.1 Å². The third-order valence-electron chi connectivity index (χ3n) is 3.71. The zero-order valence-corrected chi connectivity index (χ0v) is 9.41. The van der Waals surface area contributed by atoms with Gasteiger partial charge in [-0.25, -0.2) is 0 Å². The van der Waals surface area contributed by atoms with Gasteiger partial charge in [0.1, 0.15) is 0 Å². The van der Waals surface area contributed by atoms with Crippen LogP contribution in [0.25, 0.3) is 0 Å².